The first kappa shape index (κ1) is 9.82. The summed E-state index contributed by atoms with van der Waals surface area (Å²) in [5.74, 6) is -1.60. The summed E-state index contributed by atoms with van der Waals surface area (Å²) < 4.78 is 1.67. The summed E-state index contributed by atoms with van der Waals surface area (Å²) in [6.07, 6.45) is 3.88. The number of carbonyl (C=O) groups excluding carboxylic acids is 1. The van der Waals surface area contributed by atoms with Gasteiger partial charge in [0, 0.05) is 12.7 Å². The van der Waals surface area contributed by atoms with Crippen molar-refractivity contribution in [3.8, 4) is 0 Å². The maximum atomic E-state index is 10.9. The van der Waals surface area contributed by atoms with Crippen LogP contribution in [0.4, 0.5) is 0 Å². The molecule has 0 radical (unpaired) electrons. The summed E-state index contributed by atoms with van der Waals surface area (Å²) in [5, 5.41) is 16.0. The summed E-state index contributed by atoms with van der Waals surface area (Å²) in [5.41, 5.74) is 0.419. The number of carboxylic acids is 1. The monoisotopic (exact) mass is 209 g/mol. The summed E-state index contributed by atoms with van der Waals surface area (Å²) >= 11 is 0. The predicted octanol–water partition coefficient (Wildman–Crippen LogP) is -0.116. The lowest BCUT2D eigenvalue weighted by Crippen LogP contribution is -2.15. The van der Waals surface area contributed by atoms with Gasteiger partial charge in [-0.3, -0.25) is 9.48 Å². The Labute approximate surface area is 85.9 Å². The molecule has 1 N–H and O–H groups in total. The molecule has 0 spiro atoms. The zero-order valence-corrected chi connectivity index (χ0v) is 8.09. The van der Waals surface area contributed by atoms with E-state index in [2.05, 4.69) is 10.3 Å². The predicted molar refractivity (Wildman–Crippen MR) is 49.1 cm³/mol. The van der Waals surface area contributed by atoms with E-state index in [0.717, 1.165) is 6.54 Å². The average Bonchev–Trinajstić information content (AvgIpc) is 2.87. The van der Waals surface area contributed by atoms with Gasteiger partial charge in [-0.2, -0.15) is 0 Å². The van der Waals surface area contributed by atoms with E-state index in [4.69, 9.17) is 5.11 Å². The highest BCUT2D eigenvalue weighted by Gasteiger charge is 2.22. The maximum Gasteiger partial charge on any atom is 0.372 e. The number of aromatic nitrogens is 3. The lowest BCUT2D eigenvalue weighted by atomic mass is 10.2. The Hall–Kier alpha value is -1.72. The van der Waals surface area contributed by atoms with Gasteiger partial charge >= 0.3 is 5.97 Å². The first-order chi connectivity index (χ1) is 7.15. The standard InChI is InChI=1S/C9H11N3O3/c13-8(9(14)15)3-7-5-12(11-10-7)4-6-1-2-6/h5-6H,1-4H2,(H,14,15). The van der Waals surface area contributed by atoms with Crippen LogP contribution in [-0.4, -0.2) is 31.9 Å². The highest BCUT2D eigenvalue weighted by atomic mass is 16.4. The van der Waals surface area contributed by atoms with Crippen molar-refractivity contribution in [1.82, 2.24) is 15.0 Å². The summed E-state index contributed by atoms with van der Waals surface area (Å²) in [7, 11) is 0. The van der Waals surface area contributed by atoms with Gasteiger partial charge in [0.25, 0.3) is 0 Å². The molecule has 1 aromatic rings. The zero-order chi connectivity index (χ0) is 10.8. The molecule has 1 fully saturated rings. The Bertz CT molecular complexity index is 395. The molecule has 0 atom stereocenters. The molecule has 0 aromatic carbocycles. The van der Waals surface area contributed by atoms with Crippen LogP contribution in [0.2, 0.25) is 0 Å². The lowest BCUT2D eigenvalue weighted by Gasteiger charge is -1.94. The Morgan fingerprint density at radius 3 is 2.87 bits per heavy atom. The number of hydrogen-bond donors (Lipinski definition) is 1. The maximum absolute atomic E-state index is 10.9. The first-order valence-electron chi connectivity index (χ1n) is 4.80. The minimum atomic E-state index is -1.42. The molecule has 0 unspecified atom stereocenters. The van der Waals surface area contributed by atoms with Crippen molar-refractivity contribution in [3.63, 3.8) is 0 Å². The minimum absolute atomic E-state index is 0.181. The Morgan fingerprint density at radius 2 is 2.27 bits per heavy atom. The third kappa shape index (κ3) is 2.61. The molecular weight excluding hydrogens is 198 g/mol. The highest BCUT2D eigenvalue weighted by Crippen LogP contribution is 2.30. The van der Waals surface area contributed by atoms with Gasteiger partial charge in [0.15, 0.2) is 0 Å². The van der Waals surface area contributed by atoms with E-state index in [1.165, 1.54) is 12.8 Å². The van der Waals surface area contributed by atoms with Crippen LogP contribution in [0.3, 0.4) is 0 Å². The fraction of sp³-hybridized carbons (Fsp3) is 0.556. The quantitative estimate of drug-likeness (QED) is 0.683. The third-order valence-electron chi connectivity index (χ3n) is 2.31. The molecule has 1 saturated carbocycles. The fourth-order valence-electron chi connectivity index (χ4n) is 1.31. The molecule has 80 valence electrons. The van der Waals surface area contributed by atoms with Crippen molar-refractivity contribution in [1.29, 1.82) is 0 Å². The summed E-state index contributed by atoms with van der Waals surface area (Å²) in [6, 6.07) is 0. The smallest absolute Gasteiger partial charge is 0.372 e. The molecule has 1 aromatic heterocycles. The van der Waals surface area contributed by atoms with Gasteiger partial charge in [-0.25, -0.2) is 4.79 Å². The summed E-state index contributed by atoms with van der Waals surface area (Å²) in [6.45, 7) is 0.814. The van der Waals surface area contributed by atoms with Crippen molar-refractivity contribution in [2.75, 3.05) is 0 Å². The molecule has 1 heterocycles. The molecule has 2 rings (SSSR count). The van der Waals surface area contributed by atoms with E-state index in [0.29, 0.717) is 11.6 Å². The van der Waals surface area contributed by atoms with Crippen LogP contribution in [0.1, 0.15) is 18.5 Å². The number of carbonyl (C=O) groups is 2. The van der Waals surface area contributed by atoms with Gasteiger partial charge in [-0.1, -0.05) is 5.21 Å². The van der Waals surface area contributed by atoms with Gasteiger partial charge in [0.1, 0.15) is 0 Å². The third-order valence-corrected chi connectivity index (χ3v) is 2.31. The van der Waals surface area contributed by atoms with Crippen molar-refractivity contribution < 1.29 is 14.7 Å². The van der Waals surface area contributed by atoms with Crippen LogP contribution >= 0.6 is 0 Å². The van der Waals surface area contributed by atoms with Crippen LogP contribution in [0.15, 0.2) is 6.20 Å². The largest absolute Gasteiger partial charge is 0.475 e. The van der Waals surface area contributed by atoms with Crippen LogP contribution in [0.5, 0.6) is 0 Å². The SMILES string of the molecule is O=C(O)C(=O)Cc1cn(CC2CC2)nn1. The van der Waals surface area contributed by atoms with Crippen molar-refractivity contribution in [2.45, 2.75) is 25.8 Å². The van der Waals surface area contributed by atoms with Crippen LogP contribution < -0.4 is 0 Å². The topological polar surface area (TPSA) is 85.1 Å². The first-order valence-corrected chi connectivity index (χ1v) is 4.80. The van der Waals surface area contributed by atoms with E-state index >= 15 is 0 Å². The lowest BCUT2D eigenvalue weighted by molar-refractivity contribution is -0.148. The summed E-state index contributed by atoms with van der Waals surface area (Å²) in [4.78, 5) is 21.2. The fourth-order valence-corrected chi connectivity index (χ4v) is 1.31. The molecule has 1 aliphatic rings. The Kier molecular flexibility index (Phi) is 2.49. The average molecular weight is 209 g/mol. The number of ketones is 1. The number of Topliss-reactive ketones (excluding diaryl/α,β-unsaturated/α-hetero) is 1. The van der Waals surface area contributed by atoms with E-state index in [-0.39, 0.29) is 6.42 Å². The number of aliphatic carboxylic acids is 1. The van der Waals surface area contributed by atoms with Gasteiger partial charge in [0.2, 0.25) is 5.78 Å². The van der Waals surface area contributed by atoms with Crippen LogP contribution in [0.25, 0.3) is 0 Å². The number of hydrogen-bond acceptors (Lipinski definition) is 4. The van der Waals surface area contributed by atoms with Crippen LogP contribution in [-0.2, 0) is 22.6 Å². The molecule has 1 aliphatic carbocycles. The zero-order valence-electron chi connectivity index (χ0n) is 8.09. The Morgan fingerprint density at radius 1 is 1.53 bits per heavy atom. The molecule has 6 nitrogen and oxygen atoms in total. The van der Waals surface area contributed by atoms with Crippen molar-refractivity contribution in [3.05, 3.63) is 11.9 Å². The molecule has 6 heteroatoms. The van der Waals surface area contributed by atoms with E-state index in [1.54, 1.807) is 10.9 Å². The van der Waals surface area contributed by atoms with Gasteiger partial charge in [-0.05, 0) is 18.8 Å². The Balaban J connectivity index is 1.93. The van der Waals surface area contributed by atoms with E-state index in [9.17, 15) is 9.59 Å². The minimum Gasteiger partial charge on any atom is -0.475 e. The highest BCUT2D eigenvalue weighted by molar-refractivity contribution is 6.33. The molecule has 0 bridgehead atoms. The van der Waals surface area contributed by atoms with Crippen molar-refractivity contribution in [2.24, 2.45) is 5.92 Å². The molecule has 15 heavy (non-hydrogen) atoms. The second-order valence-corrected chi connectivity index (χ2v) is 3.78. The van der Waals surface area contributed by atoms with Gasteiger partial charge in [-0.15, -0.1) is 5.10 Å². The van der Waals surface area contributed by atoms with Crippen molar-refractivity contribution >= 4 is 11.8 Å². The molecular formula is C9H11N3O3. The van der Waals surface area contributed by atoms with E-state index < -0.39 is 11.8 Å². The number of rotatable bonds is 5. The number of nitrogens with zero attached hydrogens (tertiary/aromatic N) is 3. The normalized spacial score (nSPS) is 15.2. The van der Waals surface area contributed by atoms with E-state index in [1.807, 2.05) is 0 Å². The second kappa shape index (κ2) is 3.80. The van der Waals surface area contributed by atoms with Gasteiger partial charge in [0.05, 0.1) is 12.1 Å². The van der Waals surface area contributed by atoms with Gasteiger partial charge < -0.3 is 5.11 Å². The molecule has 0 aliphatic heterocycles. The second-order valence-electron chi connectivity index (χ2n) is 3.78. The number of carboxylic acid groups (broad SMARTS) is 1. The molecule has 0 amide bonds. The molecule has 0 saturated heterocycles. The van der Waals surface area contributed by atoms with Crippen LogP contribution in [0, 0.1) is 5.92 Å².